The Kier molecular flexibility index (Phi) is 15.0. The molecule has 0 saturated carbocycles. The van der Waals surface area contributed by atoms with E-state index in [1.165, 1.54) is 18.7 Å². The van der Waals surface area contributed by atoms with Crippen LogP contribution in [0.1, 0.15) is 39.0 Å². The second-order valence-corrected chi connectivity index (χ2v) is 8.52. The molecule has 0 aliphatic rings. The summed E-state index contributed by atoms with van der Waals surface area (Å²) in [6, 6.07) is -4.37. The van der Waals surface area contributed by atoms with E-state index in [0.717, 1.165) is 0 Å². The topological polar surface area (TPSA) is 258 Å². The number of carboxylic acids is 1. The summed E-state index contributed by atoms with van der Waals surface area (Å²) in [7, 11) is 0. The lowest BCUT2D eigenvalue weighted by Gasteiger charge is -2.23. The highest BCUT2D eigenvalue weighted by Crippen LogP contribution is 2.04. The highest BCUT2D eigenvalue weighted by Gasteiger charge is 2.28. The second kappa shape index (κ2) is 16.5. The zero-order chi connectivity index (χ0) is 26.3. The van der Waals surface area contributed by atoms with Gasteiger partial charge in [-0.2, -0.15) is 11.8 Å². The van der Waals surface area contributed by atoms with E-state index in [0.29, 0.717) is 12.2 Å². The molecule has 12 N–H and O–H groups in total. The Bertz CT molecular complexity index is 746. The van der Waals surface area contributed by atoms with E-state index >= 15 is 0 Å². The Morgan fingerprint density at radius 3 is 2.06 bits per heavy atom. The smallest absolute Gasteiger partial charge is 0.326 e. The van der Waals surface area contributed by atoms with E-state index in [2.05, 4.69) is 20.9 Å². The summed E-state index contributed by atoms with van der Waals surface area (Å²) in [5.41, 5.74) is 21.4. The average Bonchev–Trinajstić information content (AvgIpc) is 2.75. The zero-order valence-electron chi connectivity index (χ0n) is 19.4. The van der Waals surface area contributed by atoms with Crippen molar-refractivity contribution in [2.45, 2.75) is 63.2 Å². The molecule has 4 amide bonds. The number of nitrogens with one attached hydrogen (secondary N) is 3. The minimum Gasteiger partial charge on any atom is -0.480 e. The molecule has 4 unspecified atom stereocenters. The fourth-order valence-corrected chi connectivity index (χ4v) is 3.13. The molecule has 0 aliphatic carbocycles. The van der Waals surface area contributed by atoms with Crippen molar-refractivity contribution in [2.75, 3.05) is 18.6 Å². The van der Waals surface area contributed by atoms with Gasteiger partial charge < -0.3 is 44.0 Å². The molecule has 0 bridgehead atoms. The van der Waals surface area contributed by atoms with E-state index in [9.17, 15) is 29.1 Å². The van der Waals surface area contributed by atoms with Crippen molar-refractivity contribution in [1.29, 1.82) is 0 Å². The molecule has 0 aromatic carbocycles. The normalized spacial score (nSPS) is 14.1. The van der Waals surface area contributed by atoms with Gasteiger partial charge in [-0.3, -0.25) is 24.2 Å². The minimum atomic E-state index is -1.19. The van der Waals surface area contributed by atoms with Crippen molar-refractivity contribution in [3.63, 3.8) is 0 Å². The monoisotopic (exact) mass is 504 g/mol. The standard InChI is InChI=1S/C19H36N8O6S/c1-10(15(29)27-13(18(32)33)7-9-34-2)25-17(31)12(5-6-14(21)28)26-16(30)11(20)4-3-8-24-19(22)23/h10-13H,3-9,20H2,1-2H3,(H2,21,28)(H,25,31)(H,26,30)(H,27,29)(H,32,33)(H4,22,23,24). The third-order valence-corrected chi connectivity index (χ3v) is 5.24. The van der Waals surface area contributed by atoms with Gasteiger partial charge >= 0.3 is 5.97 Å². The summed E-state index contributed by atoms with van der Waals surface area (Å²) in [5, 5.41) is 16.5. The Hall–Kier alpha value is -3.07. The van der Waals surface area contributed by atoms with Crippen LogP contribution in [0.3, 0.4) is 0 Å². The molecule has 194 valence electrons. The Labute approximate surface area is 202 Å². The maximum Gasteiger partial charge on any atom is 0.326 e. The molecular formula is C19H36N8O6S. The van der Waals surface area contributed by atoms with Gasteiger partial charge in [0, 0.05) is 13.0 Å². The van der Waals surface area contributed by atoms with Crippen molar-refractivity contribution < 1.29 is 29.1 Å². The predicted molar refractivity (Wildman–Crippen MR) is 128 cm³/mol. The van der Waals surface area contributed by atoms with Crippen molar-refractivity contribution in [2.24, 2.45) is 27.9 Å². The summed E-state index contributed by atoms with van der Waals surface area (Å²) in [4.78, 5) is 63.7. The number of amides is 4. The first-order valence-corrected chi connectivity index (χ1v) is 12.0. The van der Waals surface area contributed by atoms with Crippen molar-refractivity contribution in [3.05, 3.63) is 0 Å². The van der Waals surface area contributed by atoms with Crippen molar-refractivity contribution >= 4 is 47.3 Å². The molecule has 15 heteroatoms. The number of thioether (sulfide) groups is 1. The summed E-state index contributed by atoms with van der Waals surface area (Å²) < 4.78 is 0. The number of rotatable bonds is 17. The van der Waals surface area contributed by atoms with Gasteiger partial charge in [0.2, 0.25) is 23.6 Å². The van der Waals surface area contributed by atoms with Crippen LogP contribution in [0.4, 0.5) is 0 Å². The molecule has 0 aliphatic heterocycles. The number of hydrogen-bond donors (Lipinski definition) is 8. The molecule has 0 fully saturated rings. The number of hydrogen-bond acceptors (Lipinski definition) is 8. The van der Waals surface area contributed by atoms with Gasteiger partial charge in [0.15, 0.2) is 5.96 Å². The first kappa shape index (κ1) is 30.9. The van der Waals surface area contributed by atoms with E-state index < -0.39 is 53.8 Å². The first-order valence-electron chi connectivity index (χ1n) is 10.6. The van der Waals surface area contributed by atoms with Gasteiger partial charge in [-0.15, -0.1) is 0 Å². The number of carbonyl (C=O) groups is 5. The summed E-state index contributed by atoms with van der Waals surface area (Å²) in [5.74, 6) is -3.54. The van der Waals surface area contributed by atoms with Crippen LogP contribution >= 0.6 is 11.8 Å². The van der Waals surface area contributed by atoms with Crippen molar-refractivity contribution in [3.8, 4) is 0 Å². The molecule has 0 radical (unpaired) electrons. The fourth-order valence-electron chi connectivity index (χ4n) is 2.65. The predicted octanol–water partition coefficient (Wildman–Crippen LogP) is -3.06. The quantitative estimate of drug-likeness (QED) is 0.0563. The van der Waals surface area contributed by atoms with Crippen LogP contribution < -0.4 is 38.9 Å². The van der Waals surface area contributed by atoms with Gasteiger partial charge in [0.1, 0.15) is 18.1 Å². The molecule has 0 spiro atoms. The number of nitrogens with two attached hydrogens (primary N) is 4. The summed E-state index contributed by atoms with van der Waals surface area (Å²) >= 11 is 1.43. The maximum absolute atomic E-state index is 12.7. The van der Waals surface area contributed by atoms with E-state index in [1.807, 2.05) is 0 Å². The average molecular weight is 505 g/mol. The Morgan fingerprint density at radius 1 is 0.912 bits per heavy atom. The van der Waals surface area contributed by atoms with E-state index in [4.69, 9.17) is 22.9 Å². The molecule has 0 aromatic heterocycles. The van der Waals surface area contributed by atoms with Gasteiger partial charge in [-0.1, -0.05) is 0 Å². The molecular weight excluding hydrogens is 468 g/mol. The largest absolute Gasteiger partial charge is 0.480 e. The second-order valence-electron chi connectivity index (χ2n) is 7.53. The van der Waals surface area contributed by atoms with Crippen LogP contribution in [0.5, 0.6) is 0 Å². The van der Waals surface area contributed by atoms with E-state index in [-0.39, 0.29) is 38.2 Å². The molecule has 0 aromatic rings. The summed E-state index contributed by atoms with van der Waals surface area (Å²) in [6.07, 6.45) is 2.35. The van der Waals surface area contributed by atoms with Crippen LogP contribution in [0.2, 0.25) is 0 Å². The molecule has 0 rings (SSSR count). The molecule has 34 heavy (non-hydrogen) atoms. The van der Waals surface area contributed by atoms with Crippen LogP contribution in [0.25, 0.3) is 0 Å². The molecule has 0 heterocycles. The van der Waals surface area contributed by atoms with Gasteiger partial charge in [-0.05, 0) is 44.6 Å². The Morgan fingerprint density at radius 2 is 1.53 bits per heavy atom. The van der Waals surface area contributed by atoms with Gasteiger partial charge in [0.05, 0.1) is 6.04 Å². The molecule has 4 atom stereocenters. The highest BCUT2D eigenvalue weighted by molar-refractivity contribution is 7.98. The number of carbonyl (C=O) groups excluding carboxylic acids is 4. The number of aliphatic carboxylic acids is 1. The number of primary amides is 1. The van der Waals surface area contributed by atoms with Crippen LogP contribution in [-0.2, 0) is 24.0 Å². The molecule has 0 saturated heterocycles. The number of aliphatic imine (C=N–C) groups is 1. The number of carboxylic acid groups (broad SMARTS) is 1. The first-order chi connectivity index (χ1) is 15.9. The lowest BCUT2D eigenvalue weighted by Crippen LogP contribution is -2.56. The third-order valence-electron chi connectivity index (χ3n) is 4.59. The van der Waals surface area contributed by atoms with Crippen LogP contribution in [-0.4, -0.2) is 83.4 Å². The SMILES string of the molecule is CSCCC(NC(=O)C(C)NC(=O)C(CCC(N)=O)NC(=O)C(N)CCCN=C(N)N)C(=O)O. The van der Waals surface area contributed by atoms with Gasteiger partial charge in [0.25, 0.3) is 0 Å². The number of guanidine groups is 1. The van der Waals surface area contributed by atoms with E-state index in [1.54, 1.807) is 6.26 Å². The van der Waals surface area contributed by atoms with Crippen LogP contribution in [0.15, 0.2) is 4.99 Å². The minimum absolute atomic E-state index is 0.0849. The number of nitrogens with zero attached hydrogens (tertiary/aromatic N) is 1. The molecule has 14 nitrogen and oxygen atoms in total. The lowest BCUT2D eigenvalue weighted by molar-refractivity contribution is -0.142. The summed E-state index contributed by atoms with van der Waals surface area (Å²) in [6.45, 7) is 1.64. The Balaban J connectivity index is 5.05. The maximum atomic E-state index is 12.7. The van der Waals surface area contributed by atoms with Crippen molar-refractivity contribution in [1.82, 2.24) is 16.0 Å². The third kappa shape index (κ3) is 13.5. The van der Waals surface area contributed by atoms with Gasteiger partial charge in [-0.25, -0.2) is 4.79 Å². The lowest BCUT2D eigenvalue weighted by atomic mass is 10.1. The zero-order valence-corrected chi connectivity index (χ0v) is 20.2. The highest BCUT2D eigenvalue weighted by atomic mass is 32.2. The fraction of sp³-hybridized carbons (Fsp3) is 0.684. The van der Waals surface area contributed by atoms with Crippen LogP contribution in [0, 0.1) is 0 Å².